The van der Waals surface area contributed by atoms with Crippen LogP contribution in [0, 0.1) is 0 Å². The van der Waals surface area contributed by atoms with Crippen molar-refractivity contribution in [2.75, 3.05) is 0 Å². The Morgan fingerprint density at radius 1 is 1.27 bits per heavy atom. The van der Waals surface area contributed by atoms with Crippen LogP contribution in [0.25, 0.3) is 6.08 Å². The number of hydrogen-bond donors (Lipinski definition) is 1. The molecule has 1 saturated heterocycles. The predicted octanol–water partition coefficient (Wildman–Crippen LogP) is 3.54. The highest BCUT2D eigenvalue weighted by Crippen LogP contribution is 2.27. The summed E-state index contributed by atoms with van der Waals surface area (Å²) in [5.41, 5.74) is 3.00. The van der Waals surface area contributed by atoms with Gasteiger partial charge < -0.3 is 5.32 Å². The van der Waals surface area contributed by atoms with Crippen LogP contribution in [-0.2, 0) is 11.2 Å². The number of thioether (sulfide) groups is 1. The number of carbonyl (C=O) groups is 1. The third kappa shape index (κ3) is 3.43. The van der Waals surface area contributed by atoms with Crippen molar-refractivity contribution in [3.05, 3.63) is 64.8 Å². The molecule has 4 nitrogen and oxygen atoms in total. The lowest BCUT2D eigenvalue weighted by Gasteiger charge is -1.98. The Kier molecular flexibility index (Phi) is 4.34. The summed E-state index contributed by atoms with van der Waals surface area (Å²) in [4.78, 5) is 21.1. The van der Waals surface area contributed by atoms with Crippen molar-refractivity contribution in [3.8, 4) is 0 Å². The average Bonchev–Trinajstić information content (AvgIpc) is 2.88. The molecule has 0 unspecified atom stereocenters. The molecule has 1 aliphatic rings. The highest BCUT2D eigenvalue weighted by atomic mass is 32.2. The van der Waals surface area contributed by atoms with Crippen molar-refractivity contribution in [3.63, 3.8) is 0 Å². The molecular weight excluding hydrogens is 294 g/mol. The first-order valence-corrected chi connectivity index (χ1v) is 7.85. The van der Waals surface area contributed by atoms with Gasteiger partial charge in [-0.15, -0.1) is 0 Å². The number of nitrogens with zero attached hydrogens (tertiary/aromatic N) is 2. The lowest BCUT2D eigenvalue weighted by atomic mass is 10.2. The molecule has 1 aromatic heterocycles. The summed E-state index contributed by atoms with van der Waals surface area (Å²) in [6, 6.07) is 11.8. The number of aryl methyl sites for hydroxylation is 1. The van der Waals surface area contributed by atoms with Crippen LogP contribution in [0.5, 0.6) is 0 Å². The van der Waals surface area contributed by atoms with E-state index in [0.717, 1.165) is 17.7 Å². The molecule has 1 fully saturated rings. The fourth-order valence-electron chi connectivity index (χ4n) is 2.02. The van der Waals surface area contributed by atoms with E-state index in [1.54, 1.807) is 12.4 Å². The average molecular weight is 309 g/mol. The number of aliphatic imine (C=N–C) groups is 1. The molecule has 2 heterocycles. The lowest BCUT2D eigenvalue weighted by Crippen LogP contribution is -2.19. The Bertz CT molecular complexity index is 736. The van der Waals surface area contributed by atoms with Gasteiger partial charge in [-0.05, 0) is 53.6 Å². The number of carbonyl (C=O) groups excluding carboxylic acids is 1. The van der Waals surface area contributed by atoms with Crippen LogP contribution in [-0.4, -0.2) is 16.1 Å². The zero-order chi connectivity index (χ0) is 15.4. The number of nitrogens with one attached hydrogen (secondary N) is 1. The predicted molar refractivity (Wildman–Crippen MR) is 90.9 cm³/mol. The quantitative estimate of drug-likeness (QED) is 0.882. The van der Waals surface area contributed by atoms with Crippen LogP contribution in [0.2, 0.25) is 0 Å². The minimum Gasteiger partial charge on any atom is -0.300 e. The van der Waals surface area contributed by atoms with Crippen LogP contribution >= 0.6 is 11.8 Å². The van der Waals surface area contributed by atoms with Crippen molar-refractivity contribution in [2.45, 2.75) is 13.3 Å². The van der Waals surface area contributed by atoms with Gasteiger partial charge in [0.2, 0.25) is 0 Å². The van der Waals surface area contributed by atoms with Gasteiger partial charge in [-0.2, -0.15) is 0 Å². The first-order valence-electron chi connectivity index (χ1n) is 7.03. The molecule has 0 saturated carbocycles. The fraction of sp³-hybridized carbons (Fsp3) is 0.118. The summed E-state index contributed by atoms with van der Waals surface area (Å²) in [5, 5.41) is 3.39. The molecule has 2 aromatic rings. The van der Waals surface area contributed by atoms with E-state index in [0.29, 0.717) is 10.1 Å². The maximum atomic E-state index is 12.0. The summed E-state index contributed by atoms with van der Waals surface area (Å²) in [6.07, 6.45) is 6.24. The summed E-state index contributed by atoms with van der Waals surface area (Å²) in [7, 11) is 0. The van der Waals surface area contributed by atoms with E-state index in [9.17, 15) is 4.79 Å². The van der Waals surface area contributed by atoms with Crippen LogP contribution in [0.3, 0.4) is 0 Å². The molecular formula is C17H15N3OS. The number of amidine groups is 1. The SMILES string of the molecule is CCc1ccc(N=C2NC(=O)C(=Cc3cccnc3)S2)cc1. The molecule has 0 bridgehead atoms. The van der Waals surface area contributed by atoms with Crippen molar-refractivity contribution in [1.82, 2.24) is 10.3 Å². The highest BCUT2D eigenvalue weighted by molar-refractivity contribution is 8.18. The molecule has 1 N–H and O–H groups in total. The van der Waals surface area contributed by atoms with E-state index in [1.807, 2.05) is 42.5 Å². The van der Waals surface area contributed by atoms with Gasteiger partial charge >= 0.3 is 0 Å². The van der Waals surface area contributed by atoms with Gasteiger partial charge in [0, 0.05) is 12.4 Å². The maximum Gasteiger partial charge on any atom is 0.264 e. The number of aromatic nitrogens is 1. The Balaban J connectivity index is 1.79. The molecule has 0 spiro atoms. The molecule has 0 radical (unpaired) electrons. The number of hydrogen-bond acceptors (Lipinski definition) is 4. The van der Waals surface area contributed by atoms with E-state index in [4.69, 9.17) is 0 Å². The first-order chi connectivity index (χ1) is 10.7. The van der Waals surface area contributed by atoms with E-state index in [-0.39, 0.29) is 5.91 Å². The van der Waals surface area contributed by atoms with Crippen molar-refractivity contribution < 1.29 is 4.79 Å². The summed E-state index contributed by atoms with van der Waals surface area (Å²) < 4.78 is 0. The number of rotatable bonds is 3. The second-order valence-electron chi connectivity index (χ2n) is 4.79. The zero-order valence-electron chi connectivity index (χ0n) is 12.1. The smallest absolute Gasteiger partial charge is 0.264 e. The van der Waals surface area contributed by atoms with Crippen molar-refractivity contribution in [1.29, 1.82) is 0 Å². The molecule has 5 heteroatoms. The van der Waals surface area contributed by atoms with E-state index < -0.39 is 0 Å². The topological polar surface area (TPSA) is 54.4 Å². The summed E-state index contributed by atoms with van der Waals surface area (Å²) in [5.74, 6) is -0.127. The summed E-state index contributed by atoms with van der Waals surface area (Å²) in [6.45, 7) is 2.11. The monoisotopic (exact) mass is 309 g/mol. The number of pyridine rings is 1. The molecule has 1 aliphatic heterocycles. The largest absolute Gasteiger partial charge is 0.300 e. The number of benzene rings is 1. The first kappa shape index (κ1) is 14.5. The molecule has 0 aliphatic carbocycles. The zero-order valence-corrected chi connectivity index (χ0v) is 12.9. The van der Waals surface area contributed by atoms with Crippen LogP contribution < -0.4 is 5.32 Å². The Morgan fingerprint density at radius 3 is 2.77 bits per heavy atom. The van der Waals surface area contributed by atoms with Gasteiger partial charge in [0.05, 0.1) is 10.6 Å². The normalized spacial score (nSPS) is 18.0. The van der Waals surface area contributed by atoms with Crippen molar-refractivity contribution >= 4 is 34.6 Å². The molecule has 3 rings (SSSR count). The maximum absolute atomic E-state index is 12.0. The van der Waals surface area contributed by atoms with Crippen LogP contribution in [0.4, 0.5) is 5.69 Å². The van der Waals surface area contributed by atoms with E-state index >= 15 is 0 Å². The fourth-order valence-corrected chi connectivity index (χ4v) is 2.86. The molecule has 110 valence electrons. The van der Waals surface area contributed by atoms with Gasteiger partial charge in [0.1, 0.15) is 0 Å². The second kappa shape index (κ2) is 6.58. The lowest BCUT2D eigenvalue weighted by molar-refractivity contribution is -0.115. The van der Waals surface area contributed by atoms with E-state index in [2.05, 4.69) is 22.2 Å². The van der Waals surface area contributed by atoms with Gasteiger partial charge in [0.15, 0.2) is 5.17 Å². The second-order valence-corrected chi connectivity index (χ2v) is 5.82. The Labute approximate surface area is 133 Å². The van der Waals surface area contributed by atoms with Gasteiger partial charge in [-0.25, -0.2) is 4.99 Å². The van der Waals surface area contributed by atoms with Gasteiger partial charge in [0.25, 0.3) is 5.91 Å². The minimum atomic E-state index is -0.127. The molecule has 1 aromatic carbocycles. The number of amides is 1. The third-order valence-corrected chi connectivity index (χ3v) is 4.12. The Hall–Kier alpha value is -2.40. The van der Waals surface area contributed by atoms with Gasteiger partial charge in [-0.1, -0.05) is 25.1 Å². The van der Waals surface area contributed by atoms with Crippen LogP contribution in [0.15, 0.2) is 58.7 Å². The molecule has 22 heavy (non-hydrogen) atoms. The highest BCUT2D eigenvalue weighted by Gasteiger charge is 2.23. The van der Waals surface area contributed by atoms with Gasteiger partial charge in [-0.3, -0.25) is 9.78 Å². The van der Waals surface area contributed by atoms with Crippen molar-refractivity contribution in [2.24, 2.45) is 4.99 Å². The third-order valence-electron chi connectivity index (χ3n) is 3.21. The molecule has 1 amide bonds. The summed E-state index contributed by atoms with van der Waals surface area (Å²) >= 11 is 1.34. The minimum absolute atomic E-state index is 0.127. The van der Waals surface area contributed by atoms with Crippen LogP contribution in [0.1, 0.15) is 18.1 Å². The standard InChI is InChI=1S/C17H15N3OS/c1-2-12-5-7-14(8-6-12)19-17-20-16(21)15(22-17)10-13-4-3-9-18-11-13/h3-11H,2H2,1H3,(H,19,20,21). The van der Waals surface area contributed by atoms with E-state index in [1.165, 1.54) is 17.3 Å². The molecule has 0 atom stereocenters. The Morgan fingerprint density at radius 2 is 2.09 bits per heavy atom.